The number of nitrogens with one attached hydrogen (secondary N) is 2. The van der Waals surface area contributed by atoms with Crippen LogP contribution in [-0.2, 0) is 4.74 Å². The Hall–Kier alpha value is -0.250. The summed E-state index contributed by atoms with van der Waals surface area (Å²) in [6.07, 6.45) is -3.32. The van der Waals surface area contributed by atoms with E-state index in [2.05, 4.69) is 15.6 Å². The third kappa shape index (κ3) is 15.7. The monoisotopic (exact) mass is 397 g/mol. The Morgan fingerprint density at radius 2 is 1.68 bits per heavy atom. The third-order valence-electron chi connectivity index (χ3n) is 2.22. The van der Waals surface area contributed by atoms with Gasteiger partial charge in [-0.05, 0) is 19.3 Å². The highest BCUT2D eigenvalue weighted by atomic mass is 127. The SMILES string of the molecule is CN=C(NCCCCC(F)(F)F)NCCCOC.I. The van der Waals surface area contributed by atoms with Crippen LogP contribution in [0.2, 0.25) is 0 Å². The maximum Gasteiger partial charge on any atom is 0.389 e. The molecule has 19 heavy (non-hydrogen) atoms. The maximum atomic E-state index is 11.9. The van der Waals surface area contributed by atoms with Crippen molar-refractivity contribution in [3.05, 3.63) is 0 Å². The molecule has 0 atom stereocenters. The number of ether oxygens (including phenoxy) is 1. The summed E-state index contributed by atoms with van der Waals surface area (Å²) in [6.45, 7) is 1.87. The second-order valence-electron chi connectivity index (χ2n) is 3.84. The average Bonchev–Trinajstić information content (AvgIpc) is 2.30. The summed E-state index contributed by atoms with van der Waals surface area (Å²) in [5, 5.41) is 6.01. The van der Waals surface area contributed by atoms with Gasteiger partial charge in [0.1, 0.15) is 0 Å². The largest absolute Gasteiger partial charge is 0.389 e. The fourth-order valence-corrected chi connectivity index (χ4v) is 1.30. The van der Waals surface area contributed by atoms with Gasteiger partial charge in [-0.1, -0.05) is 0 Å². The summed E-state index contributed by atoms with van der Waals surface area (Å²) in [7, 11) is 3.26. The topological polar surface area (TPSA) is 45.7 Å². The van der Waals surface area contributed by atoms with Crippen molar-refractivity contribution in [2.75, 3.05) is 33.9 Å². The highest BCUT2D eigenvalue weighted by Gasteiger charge is 2.25. The number of alkyl halides is 3. The molecular weight excluding hydrogens is 374 g/mol. The highest BCUT2D eigenvalue weighted by Crippen LogP contribution is 2.21. The van der Waals surface area contributed by atoms with Gasteiger partial charge in [-0.25, -0.2) is 0 Å². The van der Waals surface area contributed by atoms with E-state index in [0.29, 0.717) is 25.5 Å². The van der Waals surface area contributed by atoms with Gasteiger partial charge in [-0.3, -0.25) is 4.99 Å². The molecule has 0 spiro atoms. The summed E-state index contributed by atoms with van der Waals surface area (Å²) >= 11 is 0. The molecule has 116 valence electrons. The molecule has 0 aliphatic rings. The number of guanidine groups is 1. The Bertz CT molecular complexity index is 238. The molecule has 0 aliphatic heterocycles. The summed E-state index contributed by atoms with van der Waals surface area (Å²) < 4.78 is 40.5. The number of methoxy groups -OCH3 is 1. The lowest BCUT2D eigenvalue weighted by molar-refractivity contribution is -0.135. The number of halogens is 4. The minimum atomic E-state index is -4.06. The second-order valence-corrected chi connectivity index (χ2v) is 3.84. The number of nitrogens with zero attached hydrogens (tertiary/aromatic N) is 1. The third-order valence-corrected chi connectivity index (χ3v) is 2.22. The van der Waals surface area contributed by atoms with Crippen LogP contribution < -0.4 is 10.6 Å². The van der Waals surface area contributed by atoms with Crippen LogP contribution in [0.1, 0.15) is 25.7 Å². The van der Waals surface area contributed by atoms with Gasteiger partial charge in [0, 0.05) is 40.3 Å². The lowest BCUT2D eigenvalue weighted by Crippen LogP contribution is -2.38. The number of aliphatic imine (C=N–C) groups is 1. The van der Waals surface area contributed by atoms with Crippen molar-refractivity contribution in [3.8, 4) is 0 Å². The van der Waals surface area contributed by atoms with Crippen molar-refractivity contribution in [2.24, 2.45) is 4.99 Å². The number of hydrogen-bond acceptors (Lipinski definition) is 2. The predicted octanol–water partition coefficient (Wildman–Crippen LogP) is 2.54. The fraction of sp³-hybridized carbons (Fsp3) is 0.909. The quantitative estimate of drug-likeness (QED) is 0.287. The van der Waals surface area contributed by atoms with Crippen LogP contribution in [0, 0.1) is 0 Å². The molecule has 0 radical (unpaired) electrons. The molecule has 8 heteroatoms. The molecule has 0 aliphatic carbocycles. The molecule has 2 N–H and O–H groups in total. The van der Waals surface area contributed by atoms with Crippen LogP contribution in [0.5, 0.6) is 0 Å². The van der Waals surface area contributed by atoms with Gasteiger partial charge in [0.05, 0.1) is 0 Å². The van der Waals surface area contributed by atoms with Gasteiger partial charge >= 0.3 is 6.18 Å². The van der Waals surface area contributed by atoms with Crippen molar-refractivity contribution in [1.82, 2.24) is 10.6 Å². The van der Waals surface area contributed by atoms with Gasteiger partial charge < -0.3 is 15.4 Å². The van der Waals surface area contributed by atoms with Crippen LogP contribution >= 0.6 is 24.0 Å². The molecule has 0 aromatic carbocycles. The van der Waals surface area contributed by atoms with E-state index < -0.39 is 12.6 Å². The van der Waals surface area contributed by atoms with Crippen LogP contribution in [0.15, 0.2) is 4.99 Å². The van der Waals surface area contributed by atoms with E-state index in [0.717, 1.165) is 13.0 Å². The molecule has 4 nitrogen and oxygen atoms in total. The van der Waals surface area contributed by atoms with Crippen molar-refractivity contribution >= 4 is 29.9 Å². The molecule has 0 saturated carbocycles. The van der Waals surface area contributed by atoms with E-state index >= 15 is 0 Å². The maximum absolute atomic E-state index is 11.9. The minimum absolute atomic E-state index is 0. The number of rotatable bonds is 8. The first-order chi connectivity index (χ1) is 8.49. The fourth-order valence-electron chi connectivity index (χ4n) is 1.30. The van der Waals surface area contributed by atoms with Crippen LogP contribution in [-0.4, -0.2) is 46.0 Å². The van der Waals surface area contributed by atoms with Crippen molar-refractivity contribution < 1.29 is 17.9 Å². The van der Waals surface area contributed by atoms with Gasteiger partial charge in [-0.15, -0.1) is 24.0 Å². The zero-order valence-corrected chi connectivity index (χ0v) is 13.7. The molecule has 0 heterocycles. The van der Waals surface area contributed by atoms with E-state index in [1.165, 1.54) is 0 Å². The summed E-state index contributed by atoms with van der Waals surface area (Å²) in [6, 6.07) is 0. The first kappa shape index (κ1) is 21.1. The standard InChI is InChI=1S/C11H22F3N3O.HI/c1-15-10(17-8-5-9-18-2)16-7-4-3-6-11(12,13)14;/h3-9H2,1-2H3,(H2,15,16,17);1H. The van der Waals surface area contributed by atoms with Gasteiger partial charge in [0.2, 0.25) is 0 Å². The van der Waals surface area contributed by atoms with Crippen LogP contribution in [0.4, 0.5) is 13.2 Å². The van der Waals surface area contributed by atoms with Crippen LogP contribution in [0.3, 0.4) is 0 Å². The van der Waals surface area contributed by atoms with E-state index in [1.54, 1.807) is 14.2 Å². The molecule has 0 amide bonds. The summed E-state index contributed by atoms with van der Waals surface area (Å²) in [5.41, 5.74) is 0. The molecule has 0 saturated heterocycles. The number of hydrogen-bond donors (Lipinski definition) is 2. The first-order valence-electron chi connectivity index (χ1n) is 6.00. The predicted molar refractivity (Wildman–Crippen MR) is 81.2 cm³/mol. The normalized spacial score (nSPS) is 11.9. The Balaban J connectivity index is 0. The first-order valence-corrected chi connectivity index (χ1v) is 6.00. The molecule has 0 bridgehead atoms. The van der Waals surface area contributed by atoms with E-state index in [-0.39, 0.29) is 30.4 Å². The number of unbranched alkanes of at least 4 members (excludes halogenated alkanes) is 1. The highest BCUT2D eigenvalue weighted by molar-refractivity contribution is 14.0. The van der Waals surface area contributed by atoms with Gasteiger partial charge in [0.15, 0.2) is 5.96 Å². The van der Waals surface area contributed by atoms with Gasteiger partial charge in [0.25, 0.3) is 0 Å². The lowest BCUT2D eigenvalue weighted by atomic mass is 10.2. The lowest BCUT2D eigenvalue weighted by Gasteiger charge is -2.11. The molecule has 0 fully saturated rings. The molecule has 0 rings (SSSR count). The zero-order valence-electron chi connectivity index (χ0n) is 11.3. The van der Waals surface area contributed by atoms with Crippen molar-refractivity contribution in [2.45, 2.75) is 31.9 Å². The molecular formula is C11H23F3IN3O. The van der Waals surface area contributed by atoms with Gasteiger partial charge in [-0.2, -0.15) is 13.2 Å². The smallest absolute Gasteiger partial charge is 0.385 e. The molecule has 0 aromatic heterocycles. The zero-order chi connectivity index (χ0) is 13.9. The van der Waals surface area contributed by atoms with E-state index in [1.807, 2.05) is 0 Å². The Labute approximate surface area is 129 Å². The van der Waals surface area contributed by atoms with E-state index in [4.69, 9.17) is 4.74 Å². The summed E-state index contributed by atoms with van der Waals surface area (Å²) in [4.78, 5) is 3.96. The average molecular weight is 397 g/mol. The molecule has 0 unspecified atom stereocenters. The second kappa shape index (κ2) is 12.8. The van der Waals surface area contributed by atoms with Crippen LogP contribution in [0.25, 0.3) is 0 Å². The molecule has 0 aromatic rings. The Morgan fingerprint density at radius 3 is 2.16 bits per heavy atom. The Kier molecular flexibility index (Phi) is 14.1. The van der Waals surface area contributed by atoms with Crippen molar-refractivity contribution in [3.63, 3.8) is 0 Å². The van der Waals surface area contributed by atoms with E-state index in [9.17, 15) is 13.2 Å². The Morgan fingerprint density at radius 1 is 1.11 bits per heavy atom. The van der Waals surface area contributed by atoms with Crippen molar-refractivity contribution in [1.29, 1.82) is 0 Å². The minimum Gasteiger partial charge on any atom is -0.385 e. The summed E-state index contributed by atoms with van der Waals surface area (Å²) in [5.74, 6) is 0.609.